The number of hydrogen-bond donors (Lipinski definition) is 2. The number of para-hydroxylation sites is 2. The van der Waals surface area contributed by atoms with Crippen molar-refractivity contribution in [3.63, 3.8) is 0 Å². The van der Waals surface area contributed by atoms with Crippen LogP contribution in [0, 0.1) is 0 Å². The van der Waals surface area contributed by atoms with Gasteiger partial charge in [-0.1, -0.05) is 19.1 Å². The molecule has 1 aromatic rings. The lowest BCUT2D eigenvalue weighted by Crippen LogP contribution is -2.54. The molecule has 3 aliphatic heterocycles. The fourth-order valence-electron chi connectivity index (χ4n) is 3.75. The smallest absolute Gasteiger partial charge is 0.288 e. The van der Waals surface area contributed by atoms with Crippen LogP contribution in [0.25, 0.3) is 0 Å². The lowest BCUT2D eigenvalue weighted by molar-refractivity contribution is -0.125. The van der Waals surface area contributed by atoms with Gasteiger partial charge in [-0.05, 0) is 31.4 Å². The molecule has 2 N–H and O–H groups in total. The quantitative estimate of drug-likeness (QED) is 0.829. The summed E-state index contributed by atoms with van der Waals surface area (Å²) < 4.78 is 5.73. The molecule has 3 heterocycles. The highest BCUT2D eigenvalue weighted by molar-refractivity contribution is 6.38. The van der Waals surface area contributed by atoms with Crippen LogP contribution in [0.5, 0.6) is 5.75 Å². The monoisotopic (exact) mass is 357 g/mol. The van der Waals surface area contributed by atoms with E-state index in [1.807, 2.05) is 29.3 Å². The van der Waals surface area contributed by atoms with E-state index >= 15 is 0 Å². The summed E-state index contributed by atoms with van der Waals surface area (Å²) in [5, 5.41) is 4.81. The van der Waals surface area contributed by atoms with E-state index in [-0.39, 0.29) is 30.4 Å². The van der Waals surface area contributed by atoms with Crippen LogP contribution in [0.1, 0.15) is 26.2 Å². The third-order valence-electron chi connectivity index (χ3n) is 5.24. The van der Waals surface area contributed by atoms with Gasteiger partial charge in [0.15, 0.2) is 0 Å². The molecule has 0 spiro atoms. The Morgan fingerprint density at radius 1 is 1.38 bits per heavy atom. The van der Waals surface area contributed by atoms with E-state index < -0.39 is 6.04 Å². The first-order valence-corrected chi connectivity index (χ1v) is 9.01. The maximum absolute atomic E-state index is 12.7. The largest absolute Gasteiger partial charge is 0.489 e. The summed E-state index contributed by atoms with van der Waals surface area (Å²) in [6.07, 6.45) is 3.02. The number of fused-ring (bicyclic) bond motifs is 2. The van der Waals surface area contributed by atoms with Crippen LogP contribution in [0.2, 0.25) is 0 Å². The van der Waals surface area contributed by atoms with Crippen LogP contribution >= 0.6 is 0 Å². The van der Waals surface area contributed by atoms with Crippen molar-refractivity contribution in [2.45, 2.75) is 44.4 Å². The van der Waals surface area contributed by atoms with Gasteiger partial charge in [-0.2, -0.15) is 5.01 Å². The van der Waals surface area contributed by atoms with Crippen molar-refractivity contribution in [2.75, 3.05) is 18.6 Å². The van der Waals surface area contributed by atoms with Gasteiger partial charge in [-0.15, -0.1) is 0 Å². The zero-order valence-electron chi connectivity index (χ0n) is 14.9. The van der Waals surface area contributed by atoms with Gasteiger partial charge in [0.25, 0.3) is 11.8 Å². The van der Waals surface area contributed by atoms with Crippen LogP contribution in [0.15, 0.2) is 29.3 Å². The second-order valence-corrected chi connectivity index (χ2v) is 6.82. The minimum Gasteiger partial charge on any atom is -0.489 e. The average Bonchev–Trinajstić information content (AvgIpc) is 3.21. The Labute approximate surface area is 152 Å². The summed E-state index contributed by atoms with van der Waals surface area (Å²) in [5.41, 5.74) is 3.80. The maximum Gasteiger partial charge on any atom is 0.288 e. The number of benzene rings is 1. The van der Waals surface area contributed by atoms with E-state index in [0.717, 1.165) is 19.3 Å². The first kappa shape index (κ1) is 16.8. The molecule has 3 atom stereocenters. The van der Waals surface area contributed by atoms with E-state index in [4.69, 9.17) is 4.74 Å². The molecule has 3 aliphatic rings. The first-order valence-electron chi connectivity index (χ1n) is 9.01. The molecule has 0 aliphatic carbocycles. The Hall–Kier alpha value is -2.61. The van der Waals surface area contributed by atoms with Gasteiger partial charge in [0.1, 0.15) is 24.6 Å². The number of carbonyl (C=O) groups excluding carboxylic acids is 2. The van der Waals surface area contributed by atoms with Gasteiger partial charge in [-0.25, -0.2) is 4.99 Å². The standard InChI is InChI=1S/C18H23N5O3/c1-3-11-8-9-15-20-16(21-23(11)15)17(24)19-12-10-26-14-7-5-4-6-13(14)22(2)18(12)25/h4-7,11-12,15H,3,8-10H2,1-2H3,(H,19,24)(H,20,21)/t11-,12-,15?/m0/s1. The highest BCUT2D eigenvalue weighted by atomic mass is 16.5. The van der Waals surface area contributed by atoms with E-state index in [1.165, 1.54) is 4.90 Å². The minimum atomic E-state index is -0.762. The Kier molecular flexibility index (Phi) is 4.28. The van der Waals surface area contributed by atoms with Gasteiger partial charge in [-0.3, -0.25) is 15.0 Å². The maximum atomic E-state index is 12.7. The zero-order valence-corrected chi connectivity index (χ0v) is 14.9. The number of amidine groups is 1. The molecule has 2 amide bonds. The molecule has 0 aromatic heterocycles. The molecule has 0 saturated carbocycles. The van der Waals surface area contributed by atoms with Crippen LogP contribution in [-0.4, -0.2) is 54.6 Å². The van der Waals surface area contributed by atoms with Crippen molar-refractivity contribution >= 4 is 23.3 Å². The van der Waals surface area contributed by atoms with E-state index in [0.29, 0.717) is 17.5 Å². The minimum absolute atomic E-state index is 0.00807. The van der Waals surface area contributed by atoms with Gasteiger partial charge in [0, 0.05) is 13.1 Å². The fourth-order valence-corrected chi connectivity index (χ4v) is 3.75. The molecule has 0 bridgehead atoms. The van der Waals surface area contributed by atoms with Crippen molar-refractivity contribution in [3.8, 4) is 5.75 Å². The predicted molar refractivity (Wildman–Crippen MR) is 96.8 cm³/mol. The Morgan fingerprint density at radius 3 is 3.00 bits per heavy atom. The summed E-state index contributed by atoms with van der Waals surface area (Å²) in [5.74, 6) is 0.303. The highest BCUT2D eigenvalue weighted by Crippen LogP contribution is 2.30. The number of hydrazine groups is 1. The van der Waals surface area contributed by atoms with Crippen molar-refractivity contribution < 1.29 is 14.3 Å². The third kappa shape index (κ3) is 2.80. The highest BCUT2D eigenvalue weighted by Gasteiger charge is 2.40. The Balaban J connectivity index is 1.45. The molecule has 0 radical (unpaired) electrons. The van der Waals surface area contributed by atoms with Crippen molar-refractivity contribution in [3.05, 3.63) is 24.3 Å². The van der Waals surface area contributed by atoms with E-state index in [2.05, 4.69) is 22.7 Å². The molecular weight excluding hydrogens is 334 g/mol. The summed E-state index contributed by atoms with van der Waals surface area (Å²) in [4.78, 5) is 31.3. The predicted octanol–water partition coefficient (Wildman–Crippen LogP) is 0.644. The van der Waals surface area contributed by atoms with Crippen LogP contribution in [0.4, 0.5) is 5.69 Å². The number of nitrogens with zero attached hydrogens (tertiary/aromatic N) is 3. The number of hydrogen-bond acceptors (Lipinski definition) is 6. The number of anilines is 1. The molecular formula is C18H23N5O3. The molecule has 26 heavy (non-hydrogen) atoms. The SMILES string of the molecule is CC[C@H]1CCC2N=C(C(=O)N[C@H]3COc4ccccc4N(C)C3=O)NN21. The number of ether oxygens (including phenoxy) is 1. The van der Waals surface area contributed by atoms with Crippen molar-refractivity contribution in [2.24, 2.45) is 4.99 Å². The summed E-state index contributed by atoms with van der Waals surface area (Å²) >= 11 is 0. The second kappa shape index (κ2) is 6.60. The normalized spacial score (nSPS) is 27.8. The third-order valence-corrected chi connectivity index (χ3v) is 5.24. The average molecular weight is 357 g/mol. The molecule has 1 unspecified atom stereocenters. The van der Waals surface area contributed by atoms with Gasteiger partial charge in [0.05, 0.1) is 5.69 Å². The number of likely N-dealkylation sites (N-methyl/N-ethyl adjacent to an activating group) is 1. The topological polar surface area (TPSA) is 86.3 Å². The van der Waals surface area contributed by atoms with Gasteiger partial charge < -0.3 is 15.0 Å². The molecule has 4 rings (SSSR count). The molecule has 8 nitrogen and oxygen atoms in total. The van der Waals surface area contributed by atoms with Gasteiger partial charge in [0.2, 0.25) is 5.84 Å². The molecule has 1 aromatic carbocycles. The Morgan fingerprint density at radius 2 is 2.19 bits per heavy atom. The molecule has 8 heteroatoms. The number of rotatable bonds is 3. The summed E-state index contributed by atoms with van der Waals surface area (Å²) in [7, 11) is 1.68. The fraction of sp³-hybridized carbons (Fsp3) is 0.500. The second-order valence-electron chi connectivity index (χ2n) is 6.82. The van der Waals surface area contributed by atoms with Crippen molar-refractivity contribution in [1.29, 1.82) is 0 Å². The van der Waals surface area contributed by atoms with E-state index in [1.54, 1.807) is 7.05 Å². The molecule has 1 fully saturated rings. The summed E-state index contributed by atoms with van der Waals surface area (Å²) in [6, 6.07) is 6.95. The zero-order chi connectivity index (χ0) is 18.3. The number of aliphatic imine (C=N–C) groups is 1. The number of carbonyl (C=O) groups is 2. The molecule has 1 saturated heterocycles. The lowest BCUT2D eigenvalue weighted by atomic mass is 10.2. The number of amides is 2. The van der Waals surface area contributed by atoms with Crippen molar-refractivity contribution in [1.82, 2.24) is 15.8 Å². The lowest BCUT2D eigenvalue weighted by Gasteiger charge is -2.23. The Bertz CT molecular complexity index is 765. The van der Waals surface area contributed by atoms with Gasteiger partial charge >= 0.3 is 0 Å². The first-order chi connectivity index (χ1) is 12.6. The summed E-state index contributed by atoms with van der Waals surface area (Å²) in [6.45, 7) is 2.21. The number of nitrogens with one attached hydrogen (secondary N) is 2. The van der Waals surface area contributed by atoms with Crippen LogP contribution < -0.4 is 20.4 Å². The van der Waals surface area contributed by atoms with Crippen LogP contribution in [0.3, 0.4) is 0 Å². The molecule has 138 valence electrons. The van der Waals surface area contributed by atoms with E-state index in [9.17, 15) is 9.59 Å². The van der Waals surface area contributed by atoms with Crippen LogP contribution in [-0.2, 0) is 9.59 Å².